The number of hydrogen-bond acceptors (Lipinski definition) is 4. The first kappa shape index (κ1) is 21.4. The lowest BCUT2D eigenvalue weighted by Crippen LogP contribution is -2.34. The molecule has 1 heterocycles. The summed E-state index contributed by atoms with van der Waals surface area (Å²) in [5.41, 5.74) is 1.89. The summed E-state index contributed by atoms with van der Waals surface area (Å²) < 4.78 is 1.55. The Kier molecular flexibility index (Phi) is 6.98. The molecule has 0 aliphatic carbocycles. The number of para-hydroxylation sites is 1. The second-order valence-electron chi connectivity index (χ2n) is 6.98. The normalized spacial score (nSPS) is 12.1. The molecule has 0 spiro atoms. The molecule has 1 N–H and O–H groups in total. The van der Waals surface area contributed by atoms with Crippen LogP contribution < -0.4 is 10.9 Å². The predicted octanol–water partition coefficient (Wildman–Crippen LogP) is 4.74. The largest absolute Gasteiger partial charge is 0.353 e. The second kappa shape index (κ2) is 9.46. The predicted molar refractivity (Wildman–Crippen MR) is 120 cm³/mol. The Labute approximate surface area is 179 Å². The number of halogens is 1. The van der Waals surface area contributed by atoms with Crippen LogP contribution >= 0.6 is 23.4 Å². The molecule has 2 aromatic carbocycles. The summed E-state index contributed by atoms with van der Waals surface area (Å²) in [7, 11) is 0. The first-order valence-corrected chi connectivity index (χ1v) is 11.0. The van der Waals surface area contributed by atoms with E-state index in [4.69, 9.17) is 11.6 Å². The molecule has 0 saturated heterocycles. The van der Waals surface area contributed by atoms with Crippen molar-refractivity contribution in [2.45, 2.75) is 44.8 Å². The monoisotopic (exact) mass is 429 g/mol. The minimum atomic E-state index is -0.178. The zero-order valence-corrected chi connectivity index (χ0v) is 18.3. The van der Waals surface area contributed by atoms with Gasteiger partial charge < -0.3 is 5.32 Å². The van der Waals surface area contributed by atoms with Crippen LogP contribution in [0.5, 0.6) is 0 Å². The SMILES string of the molecule is CCCC(C)NC(=O)CSc1nc2ccccc2c(=O)n1-c1cccc(Cl)c1C. The van der Waals surface area contributed by atoms with Crippen molar-refractivity contribution in [3.63, 3.8) is 0 Å². The van der Waals surface area contributed by atoms with Gasteiger partial charge in [-0.15, -0.1) is 0 Å². The topological polar surface area (TPSA) is 64.0 Å². The fourth-order valence-corrected chi connectivity index (χ4v) is 4.20. The minimum absolute atomic E-state index is 0.0762. The van der Waals surface area contributed by atoms with E-state index in [0.717, 1.165) is 18.4 Å². The zero-order chi connectivity index (χ0) is 21.0. The fourth-order valence-electron chi connectivity index (χ4n) is 3.21. The van der Waals surface area contributed by atoms with Gasteiger partial charge in [-0.2, -0.15) is 0 Å². The maximum atomic E-state index is 13.3. The molecule has 0 fully saturated rings. The molecular formula is C22H24ClN3O2S. The molecule has 1 unspecified atom stereocenters. The highest BCUT2D eigenvalue weighted by molar-refractivity contribution is 7.99. The van der Waals surface area contributed by atoms with Gasteiger partial charge >= 0.3 is 0 Å². The number of rotatable bonds is 7. The number of carbonyl (C=O) groups is 1. The molecule has 0 saturated carbocycles. The van der Waals surface area contributed by atoms with Crippen LogP contribution in [-0.4, -0.2) is 27.3 Å². The van der Waals surface area contributed by atoms with E-state index in [9.17, 15) is 9.59 Å². The van der Waals surface area contributed by atoms with Crippen LogP contribution in [0.25, 0.3) is 16.6 Å². The summed E-state index contributed by atoms with van der Waals surface area (Å²) in [6.45, 7) is 5.95. The van der Waals surface area contributed by atoms with Crippen LogP contribution in [0.4, 0.5) is 0 Å². The molecule has 0 aliphatic heterocycles. The average Bonchev–Trinajstić information content (AvgIpc) is 2.69. The number of carbonyl (C=O) groups excluding carboxylic acids is 1. The van der Waals surface area contributed by atoms with Crippen molar-refractivity contribution in [2.24, 2.45) is 0 Å². The lowest BCUT2D eigenvalue weighted by molar-refractivity contribution is -0.119. The van der Waals surface area contributed by atoms with Crippen LogP contribution in [0, 0.1) is 6.92 Å². The van der Waals surface area contributed by atoms with Crippen LogP contribution in [0.1, 0.15) is 32.3 Å². The van der Waals surface area contributed by atoms with Crippen molar-refractivity contribution in [3.05, 3.63) is 63.4 Å². The summed E-state index contributed by atoms with van der Waals surface area (Å²) >= 11 is 7.54. The lowest BCUT2D eigenvalue weighted by Gasteiger charge is -2.16. The zero-order valence-electron chi connectivity index (χ0n) is 16.7. The Hall–Kier alpha value is -2.31. The van der Waals surface area contributed by atoms with E-state index in [2.05, 4.69) is 17.2 Å². The molecular weight excluding hydrogens is 406 g/mol. The van der Waals surface area contributed by atoms with Crippen LogP contribution in [-0.2, 0) is 4.79 Å². The molecule has 1 amide bonds. The van der Waals surface area contributed by atoms with Gasteiger partial charge in [0.25, 0.3) is 5.56 Å². The Balaban J connectivity index is 2.03. The summed E-state index contributed by atoms with van der Waals surface area (Å²) in [6, 6.07) is 12.8. The molecule has 5 nitrogen and oxygen atoms in total. The number of aromatic nitrogens is 2. The number of nitrogens with zero attached hydrogens (tertiary/aromatic N) is 2. The van der Waals surface area contributed by atoms with Crippen LogP contribution in [0.15, 0.2) is 52.4 Å². The highest BCUT2D eigenvalue weighted by Gasteiger charge is 2.17. The van der Waals surface area contributed by atoms with Crippen molar-refractivity contribution in [1.29, 1.82) is 0 Å². The summed E-state index contributed by atoms with van der Waals surface area (Å²) in [5, 5.41) is 4.56. The van der Waals surface area contributed by atoms with Gasteiger partial charge in [-0.1, -0.05) is 54.9 Å². The second-order valence-corrected chi connectivity index (χ2v) is 8.33. The summed E-state index contributed by atoms with van der Waals surface area (Å²) in [5.74, 6) is 0.103. The molecule has 0 aliphatic rings. The number of amides is 1. The van der Waals surface area contributed by atoms with Crippen LogP contribution in [0.2, 0.25) is 5.02 Å². The highest BCUT2D eigenvalue weighted by Crippen LogP contribution is 2.26. The maximum absolute atomic E-state index is 13.3. The van der Waals surface area contributed by atoms with Gasteiger partial charge in [0.2, 0.25) is 5.91 Å². The lowest BCUT2D eigenvalue weighted by atomic mass is 10.2. The van der Waals surface area contributed by atoms with Crippen LogP contribution in [0.3, 0.4) is 0 Å². The number of nitrogens with one attached hydrogen (secondary N) is 1. The molecule has 29 heavy (non-hydrogen) atoms. The highest BCUT2D eigenvalue weighted by atomic mass is 35.5. The van der Waals surface area contributed by atoms with E-state index in [-0.39, 0.29) is 23.3 Å². The molecule has 3 rings (SSSR count). The van der Waals surface area contributed by atoms with Gasteiger partial charge in [-0.25, -0.2) is 4.98 Å². The van der Waals surface area contributed by atoms with E-state index < -0.39 is 0 Å². The Morgan fingerprint density at radius 2 is 2.00 bits per heavy atom. The fraction of sp³-hybridized carbons (Fsp3) is 0.318. The molecule has 0 bridgehead atoms. The van der Waals surface area contributed by atoms with Gasteiger partial charge in [-0.3, -0.25) is 14.2 Å². The number of hydrogen-bond donors (Lipinski definition) is 1. The molecule has 1 atom stereocenters. The first-order chi connectivity index (χ1) is 13.9. The van der Waals surface area contributed by atoms with Crippen molar-refractivity contribution in [3.8, 4) is 5.69 Å². The summed E-state index contributed by atoms with van der Waals surface area (Å²) in [4.78, 5) is 30.3. The summed E-state index contributed by atoms with van der Waals surface area (Å²) in [6.07, 6.45) is 1.94. The smallest absolute Gasteiger partial charge is 0.266 e. The Morgan fingerprint density at radius 3 is 2.76 bits per heavy atom. The quantitative estimate of drug-likeness (QED) is 0.435. The molecule has 1 aromatic heterocycles. The first-order valence-electron chi connectivity index (χ1n) is 9.61. The Morgan fingerprint density at radius 1 is 1.24 bits per heavy atom. The van der Waals surface area contributed by atoms with E-state index >= 15 is 0 Å². The molecule has 3 aromatic rings. The van der Waals surface area contributed by atoms with Gasteiger partial charge in [-0.05, 0) is 50.1 Å². The van der Waals surface area contributed by atoms with E-state index in [1.165, 1.54) is 11.8 Å². The van der Waals surface area contributed by atoms with Gasteiger partial charge in [0, 0.05) is 11.1 Å². The van der Waals surface area contributed by atoms with Crippen molar-refractivity contribution >= 4 is 40.2 Å². The molecule has 0 radical (unpaired) electrons. The van der Waals surface area contributed by atoms with Gasteiger partial charge in [0.05, 0.1) is 22.3 Å². The van der Waals surface area contributed by atoms with Crippen molar-refractivity contribution < 1.29 is 4.79 Å². The van der Waals surface area contributed by atoms with E-state index in [1.807, 2.05) is 32.0 Å². The number of benzene rings is 2. The number of fused-ring (bicyclic) bond motifs is 1. The third-order valence-corrected chi connectivity index (χ3v) is 6.03. The third kappa shape index (κ3) is 4.82. The molecule has 152 valence electrons. The standard InChI is InChI=1S/C22H24ClN3O2S/c1-4-8-14(2)24-20(27)13-29-22-25-18-11-6-5-9-16(18)21(28)26(22)19-12-7-10-17(23)15(19)3/h5-7,9-12,14H,4,8,13H2,1-3H3,(H,24,27). The molecule has 7 heteroatoms. The average molecular weight is 430 g/mol. The number of thioether (sulfide) groups is 1. The van der Waals surface area contributed by atoms with E-state index in [1.54, 1.807) is 28.8 Å². The maximum Gasteiger partial charge on any atom is 0.266 e. The van der Waals surface area contributed by atoms with E-state index in [0.29, 0.717) is 26.8 Å². The minimum Gasteiger partial charge on any atom is -0.353 e. The van der Waals surface area contributed by atoms with Crippen molar-refractivity contribution in [2.75, 3.05) is 5.75 Å². The van der Waals surface area contributed by atoms with Crippen molar-refractivity contribution in [1.82, 2.24) is 14.9 Å². The third-order valence-electron chi connectivity index (χ3n) is 4.69. The van der Waals surface area contributed by atoms with Gasteiger partial charge in [0.15, 0.2) is 5.16 Å². The van der Waals surface area contributed by atoms with Gasteiger partial charge in [0.1, 0.15) is 0 Å². The Bertz CT molecular complexity index is 1100.